The second-order valence-electron chi connectivity index (χ2n) is 8.73. The van der Waals surface area contributed by atoms with E-state index in [4.69, 9.17) is 19.8 Å². The highest BCUT2D eigenvalue weighted by Crippen LogP contribution is 2.24. The van der Waals surface area contributed by atoms with Crippen LogP contribution >= 0.6 is 0 Å². The lowest BCUT2D eigenvalue weighted by atomic mass is 10.0. The molecule has 9 heteroatoms. The van der Waals surface area contributed by atoms with Gasteiger partial charge in [-0.3, -0.25) is 5.01 Å². The molecule has 2 N–H and O–H groups in total. The number of rotatable bonds is 4. The molecule has 0 aliphatic carbocycles. The zero-order chi connectivity index (χ0) is 21.3. The lowest BCUT2D eigenvalue weighted by Gasteiger charge is -2.42. The van der Waals surface area contributed by atoms with Crippen LogP contribution in [-0.4, -0.2) is 91.1 Å². The van der Waals surface area contributed by atoms with Crippen molar-refractivity contribution in [1.82, 2.24) is 20.5 Å². The van der Waals surface area contributed by atoms with Gasteiger partial charge >= 0.3 is 0 Å². The minimum absolute atomic E-state index is 0.0394. The van der Waals surface area contributed by atoms with Gasteiger partial charge < -0.3 is 20.3 Å². The number of hydrogen-bond acceptors (Lipinski definition) is 8. The number of guanidine groups is 1. The number of nitrogens with one attached hydrogen (secondary N) is 2. The van der Waals surface area contributed by atoms with Crippen LogP contribution in [0.1, 0.15) is 34.1 Å². The summed E-state index contributed by atoms with van der Waals surface area (Å²) < 4.78 is 5.30. The van der Waals surface area contributed by atoms with Crippen LogP contribution in [0.25, 0.3) is 0 Å². The molecule has 30 heavy (non-hydrogen) atoms. The van der Waals surface area contributed by atoms with Crippen LogP contribution in [0, 0.1) is 5.92 Å². The molecule has 0 radical (unpaired) electrons. The fourth-order valence-corrected chi connectivity index (χ4v) is 4.27. The van der Waals surface area contributed by atoms with Gasteiger partial charge in [-0.1, -0.05) is 6.92 Å². The Hall–Kier alpha value is -2.26. The highest BCUT2D eigenvalue weighted by molar-refractivity contribution is 6.09. The van der Waals surface area contributed by atoms with Crippen LogP contribution in [0.4, 0.5) is 0 Å². The van der Waals surface area contributed by atoms with Crippen molar-refractivity contribution >= 4 is 23.7 Å². The molecule has 0 amide bonds. The van der Waals surface area contributed by atoms with Crippen molar-refractivity contribution in [3.05, 3.63) is 11.9 Å². The number of amidine groups is 1. The largest absolute Gasteiger partial charge is 0.383 e. The van der Waals surface area contributed by atoms with Gasteiger partial charge in [-0.15, -0.1) is 0 Å². The molecule has 4 rings (SSSR count). The van der Waals surface area contributed by atoms with E-state index in [1.54, 1.807) is 7.11 Å². The maximum atomic E-state index is 5.30. The minimum Gasteiger partial charge on any atom is -0.383 e. The zero-order valence-corrected chi connectivity index (χ0v) is 18.7. The molecule has 0 aromatic rings. The first-order valence-electron chi connectivity index (χ1n) is 10.9. The first kappa shape index (κ1) is 21.0. The predicted octanol–water partition coefficient (Wildman–Crippen LogP) is 1.05. The van der Waals surface area contributed by atoms with Gasteiger partial charge in [-0.25, -0.2) is 9.98 Å². The van der Waals surface area contributed by atoms with Crippen LogP contribution in [0.3, 0.4) is 0 Å². The predicted molar refractivity (Wildman–Crippen MR) is 121 cm³/mol. The van der Waals surface area contributed by atoms with E-state index < -0.39 is 0 Å². The molecule has 1 fully saturated rings. The fraction of sp³-hybridized carbons (Fsp3) is 0.714. The van der Waals surface area contributed by atoms with E-state index in [9.17, 15) is 0 Å². The molecule has 0 spiro atoms. The molecule has 0 bridgehead atoms. The SMILES string of the molecule is COCCN1N=C(C)C2NC(N3C[C@H](C)NC[C@H]3C)=NC(=NC3=CCC(C)C=N3)C21. The van der Waals surface area contributed by atoms with Crippen LogP contribution in [0.5, 0.6) is 0 Å². The molecular weight excluding hydrogens is 380 g/mol. The molecule has 4 aliphatic heterocycles. The normalized spacial score (nSPS) is 35.0. The summed E-state index contributed by atoms with van der Waals surface area (Å²) in [5, 5.41) is 14.1. The summed E-state index contributed by atoms with van der Waals surface area (Å²) in [7, 11) is 1.71. The third-order valence-electron chi connectivity index (χ3n) is 6.07. The molecule has 5 atom stereocenters. The van der Waals surface area contributed by atoms with Crippen LogP contribution in [-0.2, 0) is 4.74 Å². The second kappa shape index (κ2) is 8.85. The Bertz CT molecular complexity index is 801. The van der Waals surface area contributed by atoms with E-state index in [0.29, 0.717) is 31.2 Å². The number of ether oxygens (including phenoxy) is 1. The van der Waals surface area contributed by atoms with Gasteiger partial charge in [-0.2, -0.15) is 10.1 Å². The quantitative estimate of drug-likeness (QED) is 0.718. The molecule has 0 aromatic carbocycles. The van der Waals surface area contributed by atoms with E-state index in [2.05, 4.69) is 59.3 Å². The third-order valence-corrected chi connectivity index (χ3v) is 6.07. The molecule has 0 saturated carbocycles. The van der Waals surface area contributed by atoms with Crippen molar-refractivity contribution in [3.8, 4) is 0 Å². The summed E-state index contributed by atoms with van der Waals surface area (Å²) in [5.41, 5.74) is 1.04. The van der Waals surface area contributed by atoms with E-state index >= 15 is 0 Å². The number of nitrogens with zero attached hydrogens (tertiary/aromatic N) is 6. The van der Waals surface area contributed by atoms with E-state index in [1.807, 2.05) is 6.21 Å². The van der Waals surface area contributed by atoms with Crippen molar-refractivity contribution in [2.75, 3.05) is 33.4 Å². The van der Waals surface area contributed by atoms with Crippen molar-refractivity contribution in [3.63, 3.8) is 0 Å². The number of aliphatic imine (C=N–C) groups is 3. The number of hydrazone groups is 1. The minimum atomic E-state index is -0.0602. The molecule has 3 unspecified atom stereocenters. The maximum Gasteiger partial charge on any atom is 0.201 e. The molecule has 4 heterocycles. The number of allylic oxidation sites excluding steroid dienone is 1. The summed E-state index contributed by atoms with van der Waals surface area (Å²) in [6.45, 7) is 11.8. The van der Waals surface area contributed by atoms with Gasteiger partial charge in [0.1, 0.15) is 11.9 Å². The lowest BCUT2D eigenvalue weighted by Crippen LogP contribution is -2.65. The Labute approximate surface area is 179 Å². The second-order valence-corrected chi connectivity index (χ2v) is 8.73. The van der Waals surface area contributed by atoms with Gasteiger partial charge in [0.05, 0.1) is 24.9 Å². The van der Waals surface area contributed by atoms with Crippen molar-refractivity contribution in [1.29, 1.82) is 0 Å². The van der Waals surface area contributed by atoms with Gasteiger partial charge in [0.15, 0.2) is 5.84 Å². The van der Waals surface area contributed by atoms with E-state index in [1.165, 1.54) is 0 Å². The van der Waals surface area contributed by atoms with Gasteiger partial charge in [0.25, 0.3) is 0 Å². The zero-order valence-electron chi connectivity index (χ0n) is 18.7. The van der Waals surface area contributed by atoms with Gasteiger partial charge in [-0.05, 0) is 39.2 Å². The van der Waals surface area contributed by atoms with Crippen molar-refractivity contribution in [2.24, 2.45) is 26.0 Å². The molecule has 9 nitrogen and oxygen atoms in total. The smallest absolute Gasteiger partial charge is 0.201 e. The Balaban J connectivity index is 1.68. The first-order chi connectivity index (χ1) is 14.5. The first-order valence-corrected chi connectivity index (χ1v) is 10.9. The summed E-state index contributed by atoms with van der Waals surface area (Å²) >= 11 is 0. The summed E-state index contributed by atoms with van der Waals surface area (Å²) in [6.07, 6.45) is 5.02. The number of piperazine rings is 1. The van der Waals surface area contributed by atoms with Crippen LogP contribution < -0.4 is 10.6 Å². The Kier molecular flexibility index (Phi) is 6.19. The standard InChI is InChI=1S/C21H34N8O/c1-13-6-7-17(23-10-13)24-20-19-18(16(4)27-29(19)8-9-30-5)25-21(26-20)28-12-14(2)22-11-15(28)3/h7,10,13-15,18-19,22H,6,8-9,11-12H2,1-5H3,(H,24,25,26)/t13?,14-,15+,18?,19?/m0/s1. The number of methoxy groups -OCH3 is 1. The highest BCUT2D eigenvalue weighted by Gasteiger charge is 2.44. The summed E-state index contributed by atoms with van der Waals surface area (Å²) in [4.78, 5) is 16.8. The summed E-state index contributed by atoms with van der Waals surface area (Å²) in [5.74, 6) is 2.84. The van der Waals surface area contributed by atoms with E-state index in [-0.39, 0.29) is 12.1 Å². The Morgan fingerprint density at radius 2 is 2.13 bits per heavy atom. The number of fused-ring (bicyclic) bond motifs is 1. The molecule has 0 aromatic heterocycles. The molecular formula is C21H34N8O. The number of hydrogen-bond donors (Lipinski definition) is 2. The fourth-order valence-electron chi connectivity index (χ4n) is 4.27. The lowest BCUT2D eigenvalue weighted by molar-refractivity contribution is 0.142. The molecule has 1 saturated heterocycles. The van der Waals surface area contributed by atoms with Crippen LogP contribution in [0.15, 0.2) is 32.0 Å². The molecule has 164 valence electrons. The molecule has 4 aliphatic rings. The maximum absolute atomic E-state index is 5.30. The van der Waals surface area contributed by atoms with Crippen LogP contribution in [0.2, 0.25) is 0 Å². The third kappa shape index (κ3) is 4.27. The average molecular weight is 415 g/mol. The van der Waals surface area contributed by atoms with E-state index in [0.717, 1.165) is 42.8 Å². The summed E-state index contributed by atoms with van der Waals surface area (Å²) in [6, 6.07) is 0.737. The van der Waals surface area contributed by atoms with Gasteiger partial charge in [0, 0.05) is 38.5 Å². The Morgan fingerprint density at radius 3 is 2.87 bits per heavy atom. The Morgan fingerprint density at radius 1 is 1.30 bits per heavy atom. The van der Waals surface area contributed by atoms with Crippen molar-refractivity contribution in [2.45, 2.75) is 58.3 Å². The average Bonchev–Trinajstić information content (AvgIpc) is 3.05. The monoisotopic (exact) mass is 414 g/mol. The highest BCUT2D eigenvalue weighted by atomic mass is 16.5. The van der Waals surface area contributed by atoms with Crippen molar-refractivity contribution < 1.29 is 4.74 Å². The topological polar surface area (TPSA) is 89.2 Å². The van der Waals surface area contributed by atoms with Gasteiger partial charge in [0.2, 0.25) is 5.96 Å².